The van der Waals surface area contributed by atoms with Gasteiger partial charge in [-0.05, 0) is 44.9 Å². The number of hydrogen-bond donors (Lipinski definition) is 9. The third-order valence-corrected chi connectivity index (χ3v) is 20.4. The highest BCUT2D eigenvalue weighted by Gasteiger charge is 2.51. The number of allylic oxidation sites excluding steroid dienone is 3. The Morgan fingerprint density at radius 1 is 0.368 bits per heavy atom. The predicted octanol–water partition coefficient (Wildman–Crippen LogP) is 18.6. The number of aliphatic hydroxyl groups excluding tert-OH is 8. The minimum Gasteiger partial charge on any atom is -0.394 e. The molecule has 0 aromatic rings. The first kappa shape index (κ1) is 89.6. The molecule has 2 rings (SSSR count). The van der Waals surface area contributed by atoms with E-state index < -0.39 is 86.8 Å². The molecule has 14 heteroatoms. The van der Waals surface area contributed by atoms with Gasteiger partial charge >= 0.3 is 0 Å². The average molecular weight is 1350 g/mol. The summed E-state index contributed by atoms with van der Waals surface area (Å²) >= 11 is 0. The van der Waals surface area contributed by atoms with Crippen LogP contribution in [0.25, 0.3) is 0 Å². The summed E-state index contributed by atoms with van der Waals surface area (Å²) < 4.78 is 22.9. The molecular weight excluding hydrogens is 1190 g/mol. The van der Waals surface area contributed by atoms with Gasteiger partial charge in [0.2, 0.25) is 5.91 Å². The summed E-state index contributed by atoms with van der Waals surface area (Å²) in [7, 11) is 0. The minimum atomic E-state index is -1.79. The number of carbonyl (C=O) groups excluding carboxylic acids is 1. The lowest BCUT2D eigenvalue weighted by Gasteiger charge is -2.46. The van der Waals surface area contributed by atoms with Crippen LogP contribution < -0.4 is 5.32 Å². The van der Waals surface area contributed by atoms with Crippen molar-refractivity contribution in [3.05, 3.63) is 24.3 Å². The fraction of sp³-hybridized carbons (Fsp3) is 0.938. The fourth-order valence-corrected chi connectivity index (χ4v) is 13.9. The second-order valence-corrected chi connectivity index (χ2v) is 29.3. The predicted molar refractivity (Wildman–Crippen MR) is 392 cm³/mol. The van der Waals surface area contributed by atoms with Crippen LogP contribution in [0.5, 0.6) is 0 Å². The van der Waals surface area contributed by atoms with E-state index in [2.05, 4.69) is 31.3 Å². The largest absolute Gasteiger partial charge is 0.394 e. The van der Waals surface area contributed by atoms with E-state index in [0.29, 0.717) is 6.42 Å². The molecule has 9 N–H and O–H groups in total. The maximum atomic E-state index is 13.4. The number of unbranched alkanes of at least 4 members (excludes halogenated alkanes) is 55. The zero-order chi connectivity index (χ0) is 68.7. The van der Waals surface area contributed by atoms with Crippen LogP contribution in [-0.2, 0) is 23.7 Å². The number of carbonyl (C=O) groups is 1. The second-order valence-electron chi connectivity index (χ2n) is 29.3. The van der Waals surface area contributed by atoms with Crippen LogP contribution >= 0.6 is 0 Å². The Labute approximate surface area is 583 Å². The van der Waals surface area contributed by atoms with Gasteiger partial charge in [0.25, 0.3) is 0 Å². The van der Waals surface area contributed by atoms with Gasteiger partial charge in [-0.3, -0.25) is 4.79 Å². The SMILES string of the molecule is CCCCCCCCCC/C=C\CCCCCCCCCCCCCCCCCCCCCCCC(=O)NC(COC1OC(CO)C(OC2OC(CO)C(O)C(O)C2O)C(O)C1O)C(O)/C=C/CCCCCCCCCCCCCCCCCCCCCCCCCCCC. The fourth-order valence-electron chi connectivity index (χ4n) is 13.9. The quantitative estimate of drug-likeness (QED) is 0.0204. The zero-order valence-electron chi connectivity index (χ0n) is 61.7. The van der Waals surface area contributed by atoms with Crippen LogP contribution in [0.2, 0.25) is 0 Å². The lowest BCUT2D eigenvalue weighted by atomic mass is 9.97. The smallest absolute Gasteiger partial charge is 0.220 e. The monoisotopic (exact) mass is 1350 g/mol. The summed E-state index contributed by atoms with van der Waals surface area (Å²) in [6, 6.07) is -0.914. The van der Waals surface area contributed by atoms with Crippen LogP contribution in [0.1, 0.15) is 393 Å². The molecule has 0 aliphatic carbocycles. The molecule has 562 valence electrons. The van der Waals surface area contributed by atoms with Crippen molar-refractivity contribution in [1.82, 2.24) is 5.32 Å². The summed E-state index contributed by atoms with van der Waals surface area (Å²) in [6.45, 7) is 2.87. The van der Waals surface area contributed by atoms with Crippen molar-refractivity contribution in [2.24, 2.45) is 0 Å². The highest BCUT2D eigenvalue weighted by molar-refractivity contribution is 5.76. The van der Waals surface area contributed by atoms with Gasteiger partial charge in [0.05, 0.1) is 32.0 Å². The third kappa shape index (κ3) is 48.9. The second kappa shape index (κ2) is 65.8. The summed E-state index contributed by atoms with van der Waals surface area (Å²) in [5, 5.41) is 87.7. The number of ether oxygens (including phenoxy) is 4. The number of rotatable bonds is 70. The van der Waals surface area contributed by atoms with Gasteiger partial charge in [-0.15, -0.1) is 0 Å². The maximum Gasteiger partial charge on any atom is 0.220 e. The van der Waals surface area contributed by atoms with E-state index >= 15 is 0 Å². The Hall–Kier alpha value is -1.53. The van der Waals surface area contributed by atoms with Gasteiger partial charge in [-0.1, -0.05) is 366 Å². The Bertz CT molecular complexity index is 1690. The van der Waals surface area contributed by atoms with E-state index in [0.717, 1.165) is 38.5 Å². The molecule has 0 bridgehead atoms. The van der Waals surface area contributed by atoms with Crippen LogP contribution in [-0.4, -0.2) is 140 Å². The van der Waals surface area contributed by atoms with Gasteiger partial charge < -0.3 is 65.1 Å². The minimum absolute atomic E-state index is 0.230. The first-order valence-corrected chi connectivity index (χ1v) is 41.1. The first-order chi connectivity index (χ1) is 46.6. The molecule has 1 amide bonds. The molecule has 0 saturated carbocycles. The molecule has 2 saturated heterocycles. The summed E-state index contributed by atoms with van der Waals surface area (Å²) in [4.78, 5) is 13.4. The van der Waals surface area contributed by atoms with Crippen LogP contribution in [0.4, 0.5) is 0 Å². The Morgan fingerprint density at radius 2 is 0.663 bits per heavy atom. The van der Waals surface area contributed by atoms with Gasteiger partial charge in [-0.2, -0.15) is 0 Å². The zero-order valence-corrected chi connectivity index (χ0v) is 61.7. The summed E-state index contributed by atoms with van der Waals surface area (Å²) in [5.41, 5.74) is 0. The molecule has 0 radical (unpaired) electrons. The lowest BCUT2D eigenvalue weighted by Crippen LogP contribution is -2.65. The van der Waals surface area contributed by atoms with E-state index in [1.54, 1.807) is 6.08 Å². The van der Waals surface area contributed by atoms with Crippen molar-refractivity contribution in [2.75, 3.05) is 19.8 Å². The van der Waals surface area contributed by atoms with Gasteiger partial charge in [0.15, 0.2) is 12.6 Å². The van der Waals surface area contributed by atoms with E-state index in [1.807, 2.05) is 6.08 Å². The summed E-state index contributed by atoms with van der Waals surface area (Å²) in [5.74, 6) is -0.230. The van der Waals surface area contributed by atoms with Crippen molar-refractivity contribution in [3.63, 3.8) is 0 Å². The van der Waals surface area contributed by atoms with E-state index in [9.17, 15) is 45.6 Å². The Balaban J connectivity index is 1.60. The van der Waals surface area contributed by atoms with Crippen LogP contribution in [0, 0.1) is 0 Å². The molecule has 0 spiro atoms. The Kier molecular flexibility index (Phi) is 62.0. The van der Waals surface area contributed by atoms with E-state index in [1.165, 1.54) is 327 Å². The van der Waals surface area contributed by atoms with Crippen LogP contribution in [0.3, 0.4) is 0 Å². The topological polar surface area (TPSA) is 228 Å². The molecule has 2 fully saturated rings. The molecule has 0 aromatic carbocycles. The number of nitrogens with one attached hydrogen (secondary N) is 1. The molecule has 12 unspecified atom stereocenters. The van der Waals surface area contributed by atoms with Crippen molar-refractivity contribution < 1.29 is 64.6 Å². The normalized spacial score (nSPS) is 22.4. The van der Waals surface area contributed by atoms with Crippen molar-refractivity contribution >= 4 is 5.91 Å². The van der Waals surface area contributed by atoms with Crippen LogP contribution in [0.15, 0.2) is 24.3 Å². The standard InChI is InChI=1S/C81H155NO13/c1-3-5-7-9-11-13-15-17-19-21-23-25-27-29-31-33-34-35-36-37-39-41-43-45-47-49-51-53-55-57-59-61-63-65-73(86)82-69(68-92-80-78(91)76(89)79(72(67-84)94-80)95-81-77(90)75(88)74(87)71(66-83)93-81)70(85)64-62-60-58-56-54-52-50-48-46-44-42-40-38-32-30-28-26-24-22-20-18-16-14-12-10-8-6-4-2/h21,23,62,64,69-72,74-81,83-85,87-91H,3-20,22,24-61,63,65-68H2,1-2H3,(H,82,86)/b23-21-,64-62+. The van der Waals surface area contributed by atoms with E-state index in [-0.39, 0.29) is 18.9 Å². The lowest BCUT2D eigenvalue weighted by molar-refractivity contribution is -0.359. The molecule has 2 heterocycles. The molecule has 2 aliphatic heterocycles. The molecule has 95 heavy (non-hydrogen) atoms. The van der Waals surface area contributed by atoms with Gasteiger partial charge in [0.1, 0.15) is 48.8 Å². The van der Waals surface area contributed by atoms with Gasteiger partial charge in [-0.25, -0.2) is 0 Å². The highest BCUT2D eigenvalue weighted by atomic mass is 16.7. The molecule has 0 aromatic heterocycles. The number of hydrogen-bond acceptors (Lipinski definition) is 13. The molecular formula is C81H155NO13. The molecule has 14 nitrogen and oxygen atoms in total. The molecule has 12 atom stereocenters. The van der Waals surface area contributed by atoms with E-state index in [4.69, 9.17) is 18.9 Å². The maximum absolute atomic E-state index is 13.4. The van der Waals surface area contributed by atoms with Crippen molar-refractivity contribution in [3.8, 4) is 0 Å². The number of amides is 1. The van der Waals surface area contributed by atoms with Gasteiger partial charge in [0, 0.05) is 6.42 Å². The number of aliphatic hydroxyl groups is 8. The first-order valence-electron chi connectivity index (χ1n) is 41.1. The highest BCUT2D eigenvalue weighted by Crippen LogP contribution is 2.30. The average Bonchev–Trinajstić information content (AvgIpc) is 0.801. The molecule has 2 aliphatic rings. The summed E-state index contributed by atoms with van der Waals surface area (Å²) in [6.07, 6.45) is 68.4. The Morgan fingerprint density at radius 3 is 1.00 bits per heavy atom. The third-order valence-electron chi connectivity index (χ3n) is 20.4. The van der Waals surface area contributed by atoms with Crippen molar-refractivity contribution in [1.29, 1.82) is 0 Å². The van der Waals surface area contributed by atoms with Crippen molar-refractivity contribution in [2.45, 2.75) is 466 Å².